The van der Waals surface area contributed by atoms with Gasteiger partial charge >= 0.3 is 5.97 Å². The minimum absolute atomic E-state index is 0.161. The standard InChI is InChI=1S/C11H12O4/c12-11(13)7-15-10-5-6-14-9-4-2-1-3-8(9)10/h1-4,10H,5-7H2,(H,12,13). The van der Waals surface area contributed by atoms with Gasteiger partial charge in [-0.15, -0.1) is 0 Å². The lowest BCUT2D eigenvalue weighted by molar-refractivity contribution is -0.145. The number of carbonyl (C=O) groups is 1. The van der Waals surface area contributed by atoms with Crippen LogP contribution in [0.2, 0.25) is 0 Å². The lowest BCUT2D eigenvalue weighted by Crippen LogP contribution is -2.19. The fourth-order valence-corrected chi connectivity index (χ4v) is 1.65. The van der Waals surface area contributed by atoms with E-state index in [1.807, 2.05) is 24.3 Å². The molecule has 80 valence electrons. The lowest BCUT2D eigenvalue weighted by atomic mass is 10.0. The molecule has 0 fully saturated rings. The molecule has 1 atom stereocenters. The zero-order valence-electron chi connectivity index (χ0n) is 8.18. The molecular weight excluding hydrogens is 196 g/mol. The summed E-state index contributed by atoms with van der Waals surface area (Å²) < 4.78 is 10.7. The molecule has 1 aromatic carbocycles. The monoisotopic (exact) mass is 208 g/mol. The number of carboxylic acids is 1. The van der Waals surface area contributed by atoms with Gasteiger partial charge in [-0.1, -0.05) is 18.2 Å². The van der Waals surface area contributed by atoms with Gasteiger partial charge in [0.15, 0.2) is 0 Å². The van der Waals surface area contributed by atoms with E-state index >= 15 is 0 Å². The Morgan fingerprint density at radius 3 is 3.13 bits per heavy atom. The molecule has 1 aromatic rings. The summed E-state index contributed by atoms with van der Waals surface area (Å²) >= 11 is 0. The number of hydrogen-bond acceptors (Lipinski definition) is 3. The predicted octanol–water partition coefficient (Wildman–Crippen LogP) is 1.61. The first-order valence-electron chi connectivity index (χ1n) is 4.82. The zero-order valence-corrected chi connectivity index (χ0v) is 8.18. The van der Waals surface area contributed by atoms with Gasteiger partial charge in [0.25, 0.3) is 0 Å². The molecule has 4 heteroatoms. The molecule has 0 radical (unpaired) electrons. The molecule has 0 saturated carbocycles. The molecule has 0 bridgehead atoms. The Morgan fingerprint density at radius 2 is 2.33 bits per heavy atom. The summed E-state index contributed by atoms with van der Waals surface area (Å²) in [6.07, 6.45) is 0.538. The molecule has 1 aliphatic rings. The summed E-state index contributed by atoms with van der Waals surface area (Å²) in [7, 11) is 0. The van der Waals surface area contributed by atoms with Crippen LogP contribution in [-0.4, -0.2) is 24.3 Å². The van der Waals surface area contributed by atoms with E-state index in [9.17, 15) is 4.79 Å². The maximum absolute atomic E-state index is 10.4. The zero-order chi connectivity index (χ0) is 10.7. The van der Waals surface area contributed by atoms with Crippen LogP contribution in [0.3, 0.4) is 0 Å². The summed E-state index contributed by atoms with van der Waals surface area (Å²) in [5.41, 5.74) is 0.935. The molecular formula is C11H12O4. The predicted molar refractivity (Wildman–Crippen MR) is 52.9 cm³/mol. The second kappa shape index (κ2) is 4.31. The van der Waals surface area contributed by atoms with E-state index in [4.69, 9.17) is 14.6 Å². The number of benzene rings is 1. The van der Waals surface area contributed by atoms with Gasteiger partial charge in [-0.05, 0) is 6.07 Å². The van der Waals surface area contributed by atoms with E-state index in [1.165, 1.54) is 0 Å². The molecule has 0 saturated heterocycles. The van der Waals surface area contributed by atoms with Crippen LogP contribution >= 0.6 is 0 Å². The molecule has 0 aliphatic carbocycles. The quantitative estimate of drug-likeness (QED) is 0.819. The molecule has 1 unspecified atom stereocenters. The minimum Gasteiger partial charge on any atom is -0.493 e. The summed E-state index contributed by atoms with van der Waals surface area (Å²) in [6, 6.07) is 7.55. The van der Waals surface area contributed by atoms with Gasteiger partial charge in [-0.3, -0.25) is 0 Å². The molecule has 0 amide bonds. The maximum Gasteiger partial charge on any atom is 0.329 e. The van der Waals surface area contributed by atoms with Crippen LogP contribution in [0, 0.1) is 0 Å². The molecule has 1 aliphatic heterocycles. The molecule has 15 heavy (non-hydrogen) atoms. The van der Waals surface area contributed by atoms with E-state index in [0.29, 0.717) is 13.0 Å². The third-order valence-corrected chi connectivity index (χ3v) is 2.31. The normalized spacial score (nSPS) is 19.1. The van der Waals surface area contributed by atoms with Gasteiger partial charge in [0.1, 0.15) is 12.4 Å². The Labute approximate surface area is 87.4 Å². The molecule has 0 aromatic heterocycles. The minimum atomic E-state index is -0.945. The van der Waals surface area contributed by atoms with E-state index in [1.54, 1.807) is 0 Å². The van der Waals surface area contributed by atoms with Gasteiger partial charge in [-0.2, -0.15) is 0 Å². The van der Waals surface area contributed by atoms with Crippen molar-refractivity contribution in [3.8, 4) is 5.75 Å². The van der Waals surface area contributed by atoms with Crippen molar-refractivity contribution in [2.24, 2.45) is 0 Å². The van der Waals surface area contributed by atoms with Crippen molar-refractivity contribution >= 4 is 5.97 Å². The number of hydrogen-bond donors (Lipinski definition) is 1. The largest absolute Gasteiger partial charge is 0.493 e. The third kappa shape index (κ3) is 2.27. The molecule has 2 rings (SSSR count). The first-order valence-corrected chi connectivity index (χ1v) is 4.82. The molecule has 0 spiro atoms. The summed E-state index contributed by atoms with van der Waals surface area (Å²) in [4.78, 5) is 10.4. The first-order chi connectivity index (χ1) is 7.27. The SMILES string of the molecule is O=C(O)COC1CCOc2ccccc21. The highest BCUT2D eigenvalue weighted by atomic mass is 16.5. The van der Waals surface area contributed by atoms with Gasteiger partial charge in [0.2, 0.25) is 0 Å². The Kier molecular flexibility index (Phi) is 2.87. The smallest absolute Gasteiger partial charge is 0.329 e. The highest BCUT2D eigenvalue weighted by Crippen LogP contribution is 2.33. The lowest BCUT2D eigenvalue weighted by Gasteiger charge is -2.25. The third-order valence-electron chi connectivity index (χ3n) is 2.31. The van der Waals surface area contributed by atoms with Crippen LogP contribution in [0.15, 0.2) is 24.3 Å². The van der Waals surface area contributed by atoms with Crippen LogP contribution in [0.5, 0.6) is 5.75 Å². The van der Waals surface area contributed by atoms with Crippen LogP contribution in [-0.2, 0) is 9.53 Å². The number of aliphatic carboxylic acids is 1. The Morgan fingerprint density at radius 1 is 1.53 bits per heavy atom. The average molecular weight is 208 g/mol. The summed E-state index contributed by atoms with van der Waals surface area (Å²) in [6.45, 7) is 0.306. The summed E-state index contributed by atoms with van der Waals surface area (Å²) in [5.74, 6) is -0.155. The number of rotatable bonds is 3. The van der Waals surface area contributed by atoms with E-state index < -0.39 is 5.97 Å². The van der Waals surface area contributed by atoms with Gasteiger partial charge < -0.3 is 14.6 Å². The van der Waals surface area contributed by atoms with Crippen molar-refractivity contribution in [3.63, 3.8) is 0 Å². The first kappa shape index (κ1) is 9.98. The van der Waals surface area contributed by atoms with Crippen LogP contribution in [0.4, 0.5) is 0 Å². The van der Waals surface area contributed by atoms with Crippen LogP contribution < -0.4 is 4.74 Å². The fraction of sp³-hybridized carbons (Fsp3) is 0.364. The van der Waals surface area contributed by atoms with Crippen molar-refractivity contribution < 1.29 is 19.4 Å². The van der Waals surface area contributed by atoms with Crippen molar-refractivity contribution in [1.82, 2.24) is 0 Å². The molecule has 4 nitrogen and oxygen atoms in total. The highest BCUT2D eigenvalue weighted by Gasteiger charge is 2.21. The van der Waals surface area contributed by atoms with Gasteiger partial charge in [0.05, 0.1) is 12.7 Å². The van der Waals surface area contributed by atoms with Crippen LogP contribution in [0.1, 0.15) is 18.1 Å². The maximum atomic E-state index is 10.4. The van der Waals surface area contributed by atoms with E-state index in [0.717, 1.165) is 11.3 Å². The topological polar surface area (TPSA) is 55.8 Å². The second-order valence-corrected chi connectivity index (χ2v) is 3.37. The van der Waals surface area contributed by atoms with Gasteiger partial charge in [0, 0.05) is 12.0 Å². The summed E-state index contributed by atoms with van der Waals surface area (Å²) in [5, 5.41) is 8.54. The van der Waals surface area contributed by atoms with Gasteiger partial charge in [-0.25, -0.2) is 4.79 Å². The average Bonchev–Trinajstić information content (AvgIpc) is 2.26. The Hall–Kier alpha value is -1.55. The van der Waals surface area contributed by atoms with Crippen molar-refractivity contribution in [2.75, 3.05) is 13.2 Å². The van der Waals surface area contributed by atoms with E-state index in [2.05, 4.69) is 0 Å². The Balaban J connectivity index is 2.11. The highest BCUT2D eigenvalue weighted by molar-refractivity contribution is 5.68. The molecule has 1 N–H and O–H groups in total. The Bertz CT molecular complexity index is 361. The second-order valence-electron chi connectivity index (χ2n) is 3.37. The van der Waals surface area contributed by atoms with Crippen molar-refractivity contribution in [1.29, 1.82) is 0 Å². The van der Waals surface area contributed by atoms with E-state index in [-0.39, 0.29) is 12.7 Å². The van der Waals surface area contributed by atoms with Crippen molar-refractivity contribution in [2.45, 2.75) is 12.5 Å². The van der Waals surface area contributed by atoms with Crippen LogP contribution in [0.25, 0.3) is 0 Å². The fourth-order valence-electron chi connectivity index (χ4n) is 1.65. The molecule has 1 heterocycles. The number of carboxylic acid groups (broad SMARTS) is 1. The number of ether oxygens (including phenoxy) is 2. The number of para-hydroxylation sites is 1. The van der Waals surface area contributed by atoms with Crippen molar-refractivity contribution in [3.05, 3.63) is 29.8 Å². The number of fused-ring (bicyclic) bond motifs is 1.